The zero-order chi connectivity index (χ0) is 12.7. The third kappa shape index (κ3) is 2.15. The number of rotatable bonds is 2. The predicted molar refractivity (Wildman–Crippen MR) is 34.6 cm³/mol. The Kier molecular flexibility index (Phi) is 3.29. The lowest BCUT2D eigenvalue weighted by Crippen LogP contribution is -2.59. The molecule has 0 saturated carbocycles. The molecular formula is C6H6F7NO. The molecule has 1 amide bonds. The summed E-state index contributed by atoms with van der Waals surface area (Å²) in [6.07, 6.45) is -6.48. The Morgan fingerprint density at radius 2 is 1.27 bits per heavy atom. The second-order valence-corrected chi connectivity index (χ2v) is 2.85. The van der Waals surface area contributed by atoms with E-state index in [2.05, 4.69) is 0 Å². The monoisotopic (exact) mass is 241 g/mol. The molecule has 9 heteroatoms. The fraction of sp³-hybridized carbons (Fsp3) is 0.833. The quantitative estimate of drug-likeness (QED) is 0.676. The van der Waals surface area contributed by atoms with Crippen LogP contribution in [0.25, 0.3) is 0 Å². The van der Waals surface area contributed by atoms with Gasteiger partial charge in [0.2, 0.25) is 0 Å². The second kappa shape index (κ2) is 3.53. The maximum absolute atomic E-state index is 12.5. The first-order valence-electron chi connectivity index (χ1n) is 3.40. The van der Waals surface area contributed by atoms with Gasteiger partial charge in [0.05, 0.1) is 0 Å². The zero-order valence-corrected chi connectivity index (χ0v) is 7.50. The molecule has 0 aliphatic carbocycles. The van der Waals surface area contributed by atoms with Gasteiger partial charge < -0.3 is 4.90 Å². The fourth-order valence-corrected chi connectivity index (χ4v) is 0.593. The van der Waals surface area contributed by atoms with Gasteiger partial charge in [-0.1, -0.05) is 0 Å². The van der Waals surface area contributed by atoms with Crippen molar-refractivity contribution in [3.63, 3.8) is 0 Å². The molecule has 0 aliphatic rings. The van der Waals surface area contributed by atoms with E-state index in [1.807, 2.05) is 0 Å². The van der Waals surface area contributed by atoms with Crippen LogP contribution in [0.2, 0.25) is 0 Å². The third-order valence-electron chi connectivity index (χ3n) is 1.43. The number of hydrogen-bond donors (Lipinski definition) is 0. The van der Waals surface area contributed by atoms with Crippen molar-refractivity contribution in [2.75, 3.05) is 14.1 Å². The van der Waals surface area contributed by atoms with Crippen molar-refractivity contribution in [3.05, 3.63) is 0 Å². The van der Waals surface area contributed by atoms with Crippen LogP contribution in [0.5, 0.6) is 0 Å². The molecule has 0 saturated heterocycles. The summed E-state index contributed by atoms with van der Waals surface area (Å²) in [6.45, 7) is 0. The molecular weight excluding hydrogens is 235 g/mol. The smallest absolute Gasteiger partial charge is 0.343 e. The lowest BCUT2D eigenvalue weighted by molar-refractivity contribution is -0.345. The summed E-state index contributed by atoms with van der Waals surface area (Å²) in [5, 5.41) is 0. The molecule has 0 aromatic heterocycles. The van der Waals surface area contributed by atoms with Crippen molar-refractivity contribution in [1.82, 2.24) is 4.90 Å². The lowest BCUT2D eigenvalue weighted by Gasteiger charge is -2.28. The van der Waals surface area contributed by atoms with E-state index in [0.29, 0.717) is 14.1 Å². The molecule has 0 atom stereocenters. The standard InChI is InChI=1S/C6H6F7NO/c1-14(2)3(15)4(7,8)5(9,10)6(11,12)13/h1-2H3. The maximum Gasteiger partial charge on any atom is 0.460 e. The molecule has 0 fully saturated rings. The number of alkyl halides is 7. The summed E-state index contributed by atoms with van der Waals surface area (Å²) in [7, 11) is 1.28. The highest BCUT2D eigenvalue weighted by Gasteiger charge is 2.76. The predicted octanol–water partition coefficient (Wildman–Crippen LogP) is 1.91. The van der Waals surface area contributed by atoms with Crippen LogP contribution in [-0.2, 0) is 4.79 Å². The number of carbonyl (C=O) groups excluding carboxylic acids is 1. The highest BCUT2D eigenvalue weighted by molar-refractivity contribution is 5.84. The molecule has 0 aliphatic heterocycles. The van der Waals surface area contributed by atoms with Gasteiger partial charge in [-0.25, -0.2) is 0 Å². The molecule has 0 unspecified atom stereocenters. The summed E-state index contributed by atoms with van der Waals surface area (Å²) >= 11 is 0. The molecule has 90 valence electrons. The van der Waals surface area contributed by atoms with Crippen LogP contribution in [0, 0.1) is 0 Å². The van der Waals surface area contributed by atoms with Crippen LogP contribution in [0.1, 0.15) is 0 Å². The van der Waals surface area contributed by atoms with E-state index < -0.39 is 23.9 Å². The minimum absolute atomic E-state index is 0.0420. The summed E-state index contributed by atoms with van der Waals surface area (Å²) in [6, 6.07) is 0. The maximum atomic E-state index is 12.5. The van der Waals surface area contributed by atoms with Gasteiger partial charge in [0.1, 0.15) is 0 Å². The number of hydrogen-bond acceptors (Lipinski definition) is 1. The van der Waals surface area contributed by atoms with Crippen molar-refractivity contribution in [2.24, 2.45) is 0 Å². The van der Waals surface area contributed by atoms with E-state index in [0.717, 1.165) is 0 Å². The van der Waals surface area contributed by atoms with Crippen LogP contribution >= 0.6 is 0 Å². The molecule has 0 spiro atoms. The number of halogens is 7. The average Bonchev–Trinajstić information content (AvgIpc) is 2.00. The molecule has 0 rings (SSSR count). The van der Waals surface area contributed by atoms with E-state index in [1.165, 1.54) is 0 Å². The molecule has 15 heavy (non-hydrogen) atoms. The molecule has 0 heterocycles. The van der Waals surface area contributed by atoms with Crippen molar-refractivity contribution >= 4 is 5.91 Å². The summed E-state index contributed by atoms with van der Waals surface area (Å²) < 4.78 is 84.0. The normalized spacial score (nSPS) is 13.9. The summed E-state index contributed by atoms with van der Waals surface area (Å²) in [4.78, 5) is 10.4. The van der Waals surface area contributed by atoms with Crippen LogP contribution in [0.4, 0.5) is 30.7 Å². The largest absolute Gasteiger partial charge is 0.460 e. The zero-order valence-electron chi connectivity index (χ0n) is 7.50. The van der Waals surface area contributed by atoms with Gasteiger partial charge in [-0.3, -0.25) is 4.79 Å². The Morgan fingerprint density at radius 3 is 1.47 bits per heavy atom. The Balaban J connectivity index is 5.29. The van der Waals surface area contributed by atoms with Gasteiger partial charge in [-0.15, -0.1) is 0 Å². The number of nitrogens with zero attached hydrogens (tertiary/aromatic N) is 1. The highest BCUT2D eigenvalue weighted by atomic mass is 19.4. The highest BCUT2D eigenvalue weighted by Crippen LogP contribution is 2.46. The van der Waals surface area contributed by atoms with Crippen molar-refractivity contribution < 1.29 is 35.5 Å². The van der Waals surface area contributed by atoms with Crippen LogP contribution in [-0.4, -0.2) is 42.9 Å². The molecule has 0 aromatic rings. The lowest BCUT2D eigenvalue weighted by atomic mass is 10.1. The molecule has 0 radical (unpaired) electrons. The van der Waals surface area contributed by atoms with Gasteiger partial charge in [0.15, 0.2) is 0 Å². The first kappa shape index (κ1) is 14.0. The average molecular weight is 241 g/mol. The Morgan fingerprint density at radius 1 is 0.933 bits per heavy atom. The Hall–Kier alpha value is -1.02. The van der Waals surface area contributed by atoms with Gasteiger partial charge in [0, 0.05) is 14.1 Å². The topological polar surface area (TPSA) is 20.3 Å². The first-order valence-corrected chi connectivity index (χ1v) is 3.40. The van der Waals surface area contributed by atoms with Crippen molar-refractivity contribution in [2.45, 2.75) is 18.0 Å². The summed E-state index contributed by atoms with van der Waals surface area (Å²) in [5.41, 5.74) is 0. The second-order valence-electron chi connectivity index (χ2n) is 2.85. The minimum Gasteiger partial charge on any atom is -0.343 e. The van der Waals surface area contributed by atoms with E-state index in [4.69, 9.17) is 0 Å². The van der Waals surface area contributed by atoms with E-state index >= 15 is 0 Å². The Labute approximate surface area is 79.6 Å². The number of amides is 1. The van der Waals surface area contributed by atoms with Gasteiger partial charge >= 0.3 is 18.0 Å². The SMILES string of the molecule is CN(C)C(=O)C(F)(F)C(F)(F)C(F)(F)F. The van der Waals surface area contributed by atoms with Gasteiger partial charge in [-0.2, -0.15) is 30.7 Å². The number of carbonyl (C=O) groups is 1. The molecule has 2 nitrogen and oxygen atoms in total. The van der Waals surface area contributed by atoms with Crippen LogP contribution in [0.3, 0.4) is 0 Å². The first-order chi connectivity index (χ1) is 6.35. The van der Waals surface area contributed by atoms with Gasteiger partial charge in [-0.05, 0) is 0 Å². The minimum atomic E-state index is -6.48. The molecule has 0 bridgehead atoms. The third-order valence-corrected chi connectivity index (χ3v) is 1.43. The van der Waals surface area contributed by atoms with Crippen molar-refractivity contribution in [3.8, 4) is 0 Å². The Bertz CT molecular complexity index is 257. The van der Waals surface area contributed by atoms with E-state index in [1.54, 1.807) is 0 Å². The summed E-state index contributed by atoms with van der Waals surface area (Å²) in [5.74, 6) is -14.8. The fourth-order valence-electron chi connectivity index (χ4n) is 0.593. The van der Waals surface area contributed by atoms with E-state index in [-0.39, 0.29) is 4.90 Å². The van der Waals surface area contributed by atoms with Crippen LogP contribution < -0.4 is 0 Å². The molecule has 0 N–H and O–H groups in total. The van der Waals surface area contributed by atoms with Gasteiger partial charge in [0.25, 0.3) is 5.91 Å². The van der Waals surface area contributed by atoms with Crippen molar-refractivity contribution in [1.29, 1.82) is 0 Å². The van der Waals surface area contributed by atoms with Crippen LogP contribution in [0.15, 0.2) is 0 Å². The van der Waals surface area contributed by atoms with E-state index in [9.17, 15) is 35.5 Å². The molecule has 0 aromatic carbocycles.